The lowest BCUT2D eigenvalue weighted by atomic mass is 9.97. The fourth-order valence-corrected chi connectivity index (χ4v) is 2.82. The van der Waals surface area contributed by atoms with Gasteiger partial charge >= 0.3 is 12.1 Å². The Morgan fingerprint density at radius 2 is 2.15 bits per heavy atom. The van der Waals surface area contributed by atoms with Crippen molar-refractivity contribution < 1.29 is 32.2 Å². The largest absolute Gasteiger partial charge is 0.467 e. The number of aromatic nitrogens is 1. The lowest BCUT2D eigenvalue weighted by molar-refractivity contribution is -0.154. The van der Waals surface area contributed by atoms with E-state index in [1.165, 1.54) is 11.0 Å². The SMILES string of the molecule is CCOC(=O)C1CCCN(C(=O)c2cnc(OCC(F)(F)F)c(Cl)c2)C1. The zero-order valence-corrected chi connectivity index (χ0v) is 14.8. The Bertz CT molecular complexity index is 669. The molecule has 1 saturated heterocycles. The van der Waals surface area contributed by atoms with Crippen molar-refractivity contribution in [3.63, 3.8) is 0 Å². The number of halogens is 4. The molecule has 1 unspecified atom stereocenters. The summed E-state index contributed by atoms with van der Waals surface area (Å²) in [5.74, 6) is -1.55. The van der Waals surface area contributed by atoms with Crippen LogP contribution >= 0.6 is 11.6 Å². The number of rotatable bonds is 5. The molecular formula is C16H18ClF3N2O4. The van der Waals surface area contributed by atoms with Gasteiger partial charge in [-0.15, -0.1) is 0 Å². The molecule has 0 N–H and O–H groups in total. The highest BCUT2D eigenvalue weighted by molar-refractivity contribution is 6.32. The smallest absolute Gasteiger partial charge is 0.422 e. The molecule has 1 aromatic rings. The first kappa shape index (κ1) is 20.3. The van der Waals surface area contributed by atoms with Crippen LogP contribution in [0.1, 0.15) is 30.1 Å². The average molecular weight is 395 g/mol. The molecule has 10 heteroatoms. The van der Waals surface area contributed by atoms with E-state index in [0.717, 1.165) is 6.20 Å². The van der Waals surface area contributed by atoms with Crippen molar-refractivity contribution in [2.75, 3.05) is 26.3 Å². The van der Waals surface area contributed by atoms with Gasteiger partial charge in [0.25, 0.3) is 5.91 Å². The monoisotopic (exact) mass is 394 g/mol. The van der Waals surface area contributed by atoms with Crippen LogP contribution in [-0.2, 0) is 9.53 Å². The minimum absolute atomic E-state index is 0.110. The number of alkyl halides is 3. The van der Waals surface area contributed by atoms with Crippen molar-refractivity contribution in [2.45, 2.75) is 25.9 Å². The predicted octanol–water partition coefficient (Wildman–Crippen LogP) is 3.09. The first-order valence-electron chi connectivity index (χ1n) is 8.02. The van der Waals surface area contributed by atoms with Crippen molar-refractivity contribution in [3.8, 4) is 5.88 Å². The Balaban J connectivity index is 2.04. The van der Waals surface area contributed by atoms with E-state index in [0.29, 0.717) is 19.4 Å². The number of amides is 1. The summed E-state index contributed by atoms with van der Waals surface area (Å²) < 4.78 is 46.0. The second kappa shape index (κ2) is 8.57. The van der Waals surface area contributed by atoms with E-state index in [1.54, 1.807) is 6.92 Å². The minimum atomic E-state index is -4.52. The van der Waals surface area contributed by atoms with E-state index >= 15 is 0 Å². The molecule has 0 aromatic carbocycles. The fraction of sp³-hybridized carbons (Fsp3) is 0.562. The molecule has 1 atom stereocenters. The van der Waals surface area contributed by atoms with Gasteiger partial charge in [-0.25, -0.2) is 4.98 Å². The molecule has 1 fully saturated rings. The zero-order chi connectivity index (χ0) is 19.3. The topological polar surface area (TPSA) is 68.7 Å². The van der Waals surface area contributed by atoms with Gasteiger partial charge in [0.1, 0.15) is 5.02 Å². The third-order valence-electron chi connectivity index (χ3n) is 3.76. The number of esters is 1. The second-order valence-electron chi connectivity index (χ2n) is 5.76. The van der Waals surface area contributed by atoms with Gasteiger partial charge < -0.3 is 14.4 Å². The molecule has 1 aliphatic heterocycles. The minimum Gasteiger partial charge on any atom is -0.467 e. The number of ether oxygens (including phenoxy) is 2. The van der Waals surface area contributed by atoms with Crippen LogP contribution in [-0.4, -0.2) is 54.2 Å². The summed E-state index contributed by atoms with van der Waals surface area (Å²) in [5, 5.41) is -0.195. The maximum Gasteiger partial charge on any atom is 0.422 e. The van der Waals surface area contributed by atoms with Crippen molar-refractivity contribution in [3.05, 3.63) is 22.8 Å². The Hall–Kier alpha value is -2.03. The molecule has 144 valence electrons. The number of nitrogens with zero attached hydrogens (tertiary/aromatic N) is 2. The van der Waals surface area contributed by atoms with Crippen LogP contribution in [0.25, 0.3) is 0 Å². The van der Waals surface area contributed by atoms with Crippen molar-refractivity contribution in [1.82, 2.24) is 9.88 Å². The number of carbonyl (C=O) groups is 2. The van der Waals surface area contributed by atoms with Crippen molar-refractivity contribution >= 4 is 23.5 Å². The number of hydrogen-bond donors (Lipinski definition) is 0. The van der Waals surface area contributed by atoms with Gasteiger partial charge in [0.15, 0.2) is 6.61 Å². The number of carbonyl (C=O) groups excluding carboxylic acids is 2. The Morgan fingerprint density at radius 1 is 1.42 bits per heavy atom. The van der Waals surface area contributed by atoms with Gasteiger partial charge in [0.05, 0.1) is 18.1 Å². The molecular weight excluding hydrogens is 377 g/mol. The van der Waals surface area contributed by atoms with Crippen LogP contribution in [0.3, 0.4) is 0 Å². The molecule has 0 spiro atoms. The number of likely N-dealkylation sites (tertiary alicyclic amines) is 1. The molecule has 1 aliphatic rings. The third-order valence-corrected chi connectivity index (χ3v) is 4.03. The van der Waals surface area contributed by atoms with Crippen molar-refractivity contribution in [1.29, 1.82) is 0 Å². The van der Waals surface area contributed by atoms with Gasteiger partial charge in [0, 0.05) is 19.3 Å². The highest BCUT2D eigenvalue weighted by Crippen LogP contribution is 2.26. The summed E-state index contributed by atoms with van der Waals surface area (Å²) in [7, 11) is 0. The van der Waals surface area contributed by atoms with Crippen LogP contribution in [0.15, 0.2) is 12.3 Å². The van der Waals surface area contributed by atoms with Crippen LogP contribution in [0, 0.1) is 5.92 Å². The summed E-state index contributed by atoms with van der Waals surface area (Å²) in [5.41, 5.74) is 0.110. The summed E-state index contributed by atoms with van der Waals surface area (Å²) in [6.07, 6.45) is -2.14. The Morgan fingerprint density at radius 3 is 2.77 bits per heavy atom. The molecule has 2 heterocycles. The van der Waals surface area contributed by atoms with Crippen LogP contribution in [0.5, 0.6) is 5.88 Å². The van der Waals surface area contributed by atoms with Crippen LogP contribution < -0.4 is 4.74 Å². The van der Waals surface area contributed by atoms with Crippen LogP contribution in [0.2, 0.25) is 5.02 Å². The average Bonchev–Trinajstić information content (AvgIpc) is 2.59. The second-order valence-corrected chi connectivity index (χ2v) is 6.16. The van der Waals surface area contributed by atoms with E-state index < -0.39 is 30.5 Å². The lowest BCUT2D eigenvalue weighted by Gasteiger charge is -2.31. The molecule has 0 saturated carbocycles. The molecule has 2 rings (SSSR count). The first-order chi connectivity index (χ1) is 12.2. The molecule has 0 aliphatic carbocycles. The maximum atomic E-state index is 12.6. The van der Waals surface area contributed by atoms with Crippen molar-refractivity contribution in [2.24, 2.45) is 5.92 Å². The summed E-state index contributed by atoms with van der Waals surface area (Å²) in [6.45, 7) is 1.11. The highest BCUT2D eigenvalue weighted by atomic mass is 35.5. The number of pyridine rings is 1. The highest BCUT2D eigenvalue weighted by Gasteiger charge is 2.31. The van der Waals surface area contributed by atoms with Gasteiger partial charge in [-0.3, -0.25) is 9.59 Å². The predicted molar refractivity (Wildman–Crippen MR) is 86.1 cm³/mol. The molecule has 0 radical (unpaired) electrons. The molecule has 0 bridgehead atoms. The Labute approximate surface area is 153 Å². The zero-order valence-electron chi connectivity index (χ0n) is 14.0. The number of hydrogen-bond acceptors (Lipinski definition) is 5. The van der Waals surface area contributed by atoms with E-state index in [4.69, 9.17) is 16.3 Å². The first-order valence-corrected chi connectivity index (χ1v) is 8.40. The van der Waals surface area contributed by atoms with Gasteiger partial charge in [-0.05, 0) is 25.8 Å². The van der Waals surface area contributed by atoms with Gasteiger partial charge in [-0.1, -0.05) is 11.6 Å². The fourth-order valence-electron chi connectivity index (χ4n) is 2.60. The number of piperidine rings is 1. The normalized spacial score (nSPS) is 17.7. The Kier molecular flexibility index (Phi) is 6.69. The van der Waals surface area contributed by atoms with E-state index in [9.17, 15) is 22.8 Å². The quantitative estimate of drug-likeness (QED) is 0.718. The summed E-state index contributed by atoms with van der Waals surface area (Å²) in [4.78, 5) is 29.6. The van der Waals surface area contributed by atoms with E-state index in [1.807, 2.05) is 0 Å². The van der Waals surface area contributed by atoms with Gasteiger partial charge in [0.2, 0.25) is 5.88 Å². The summed E-state index contributed by atoms with van der Waals surface area (Å²) in [6, 6.07) is 1.20. The standard InChI is InChI=1S/C16H18ClF3N2O4/c1-2-25-15(24)10-4-3-5-22(8-10)14(23)11-6-12(17)13(21-7-11)26-9-16(18,19)20/h6-7,10H,2-5,8-9H2,1H3. The molecule has 1 amide bonds. The lowest BCUT2D eigenvalue weighted by Crippen LogP contribution is -2.42. The molecule has 6 nitrogen and oxygen atoms in total. The van der Waals surface area contributed by atoms with E-state index in [2.05, 4.69) is 9.72 Å². The van der Waals surface area contributed by atoms with Crippen LogP contribution in [0.4, 0.5) is 13.2 Å². The maximum absolute atomic E-state index is 12.6. The summed E-state index contributed by atoms with van der Waals surface area (Å²) >= 11 is 5.86. The molecule has 1 aromatic heterocycles. The van der Waals surface area contributed by atoms with E-state index in [-0.39, 0.29) is 29.7 Å². The third kappa shape index (κ3) is 5.48. The molecule has 26 heavy (non-hydrogen) atoms. The van der Waals surface area contributed by atoms with Gasteiger partial charge in [-0.2, -0.15) is 13.2 Å².